The molecule has 0 saturated carbocycles. The second kappa shape index (κ2) is 41.3. The Morgan fingerprint density at radius 3 is 0.219 bits per heavy atom. The Morgan fingerprint density at radius 2 is 0.162 bits per heavy atom. The van der Waals surface area contributed by atoms with Gasteiger partial charge in [-0.2, -0.15) is 0 Å². The summed E-state index contributed by atoms with van der Waals surface area (Å²) >= 11 is 423. The Morgan fingerprint density at radius 1 is 0.105 bits per heavy atom. The Hall–Kier alpha value is 27.3. The molecular formula is CH2S104. The molecule has 0 heterocycles. The molecule has 0 nitrogen and oxygen atoms in total. The van der Waals surface area contributed by atoms with Crippen LogP contribution in [-0.4, -0.2) is 4.70 Å². The zero-order valence-corrected chi connectivity index (χ0v) is 128. The van der Waals surface area contributed by atoms with E-state index in [4.69, 9.17) is 773 Å². The summed E-state index contributed by atoms with van der Waals surface area (Å²) in [4.78, 5) is 0. The summed E-state index contributed by atoms with van der Waals surface area (Å²) in [6, 6.07) is 0. The van der Waals surface area contributed by atoms with Crippen LogP contribution in [0.1, 0.15) is 0 Å². The van der Waals surface area contributed by atoms with Crippen LogP contribution in [0.25, 0.3) is 0 Å². The third kappa shape index (κ3) is 20.5. The summed E-state index contributed by atoms with van der Waals surface area (Å²) in [5.74, 6) is 0. The molecule has 0 aliphatic heterocycles. The Balaban J connectivity index is 8.87. The maximum Gasteiger partial charge on any atom is 0.0537 e. The molecule has 0 aliphatic rings. The first-order valence-electron chi connectivity index (χ1n) is 17.5. The minimum atomic E-state index is -4.24. The van der Waals surface area contributed by atoms with Crippen LogP contribution >= 0.6 is 23.9 Å². The Kier molecular flexibility index (Phi) is 52.1. The lowest BCUT2D eigenvalue weighted by molar-refractivity contribution is 4.39. The molecule has 0 amide bonds. The molecule has 0 atom stereocenters. The smallest absolute Gasteiger partial charge is 0.0537 e. The lowest BCUT2D eigenvalue weighted by atomic mass is 11.9. The zero-order chi connectivity index (χ0) is 87.7. The van der Waals surface area contributed by atoms with E-state index in [1.54, 1.807) is 0 Å². The number of thiol groups is 1. The fourth-order valence-corrected chi connectivity index (χ4v) is 794. The molecule has 0 aromatic rings. The number of hydrogen-bond acceptors (Lipinski definition) is 69. The van der Waals surface area contributed by atoms with E-state index >= 15 is 0 Å². The van der Waals surface area contributed by atoms with Gasteiger partial charge in [0.25, 0.3) is 0 Å². The van der Waals surface area contributed by atoms with E-state index in [-0.39, 0.29) is 0 Å². The van der Waals surface area contributed by atoms with Gasteiger partial charge in [-0.1, -0.05) is 23.9 Å². The standard InChI is InChI=1S/CH2S104/c2-1-72(3,4)74(8,9)76(12,13)78(16,17)80(20,21)82(24,25)84(28,29)86(32,33)88(36,37)90(40,41)92(44,45)94(48,49)96(52,53)98(56,57)100(60,61)102(64,65)104(68,69)105(70,71)103(66,67)101(62,63)99(58,59)97(54,55)95(50,51)93(46,47)91(42,43)89(38,39)87(34,35)85(30,31)83(26,27)81(22,23)79(18,19)77(14,15)75(10,11)73(5,6)7/h1H,(H,5,6,7). The molecule has 105 heavy (non-hydrogen) atoms. The van der Waals surface area contributed by atoms with Crippen molar-refractivity contribution in [3.63, 3.8) is 0 Å². The van der Waals surface area contributed by atoms with E-state index < -0.39 is 178 Å². The van der Waals surface area contributed by atoms with Crippen molar-refractivity contribution in [2.45, 2.75) is 0 Å². The molecule has 0 saturated heterocycles. The van der Waals surface area contributed by atoms with Gasteiger partial charge < -0.3 is 0 Å². The van der Waals surface area contributed by atoms with Crippen molar-refractivity contribution < 1.29 is 0 Å². The lowest BCUT2D eigenvalue weighted by Crippen LogP contribution is -2.41. The summed E-state index contributed by atoms with van der Waals surface area (Å²) in [7, 11) is 0. The van der Waals surface area contributed by atoms with E-state index in [0.29, 0.717) is 0 Å². The predicted molar refractivity (Wildman–Crippen MR) is 774 cm³/mol. The van der Waals surface area contributed by atoms with Crippen molar-refractivity contribution in [1.82, 2.24) is 0 Å². The molecule has 0 aromatic heterocycles. The highest BCUT2D eigenvalue weighted by atomic mass is 34.5. The van der Waals surface area contributed by atoms with Crippen molar-refractivity contribution in [3.8, 4) is 0 Å². The third-order valence-corrected chi connectivity index (χ3v) is 669. The monoisotopic (exact) mass is 3340 g/mol. The van der Waals surface area contributed by atoms with Gasteiger partial charge >= 0.3 is 0 Å². The minimum Gasteiger partial charge on any atom is -0.0917 e. The van der Waals surface area contributed by atoms with Gasteiger partial charge in [-0.05, 0) is 761 Å². The topological polar surface area (TPSA) is 0 Å². The van der Waals surface area contributed by atoms with E-state index in [1.807, 2.05) is 0 Å². The van der Waals surface area contributed by atoms with Crippen LogP contribution in [0.3, 0.4) is 0 Å². The largest absolute Gasteiger partial charge is 0.0917 e. The molecule has 630 valence electrons. The van der Waals surface area contributed by atoms with Crippen LogP contribution < -0.4 is 0 Å². The summed E-state index contributed by atoms with van der Waals surface area (Å²) in [6.07, 6.45) is -3.05. The zero-order valence-electron chi connectivity index (χ0n) is 43.1. The average molecular weight is 3350 g/mol. The molecule has 0 N–H and O–H groups in total. The van der Waals surface area contributed by atoms with Crippen molar-refractivity contribution in [1.29, 1.82) is 0 Å². The van der Waals surface area contributed by atoms with E-state index in [0.717, 1.165) is 4.70 Å². The van der Waals surface area contributed by atoms with Crippen LogP contribution in [-0.2, 0) is 939 Å². The van der Waals surface area contributed by atoms with Gasteiger partial charge in [-0.25, -0.2) is 0 Å². The van der Waals surface area contributed by atoms with Crippen LogP contribution in [0, 0.1) is 0 Å². The van der Waals surface area contributed by atoms with Crippen LogP contribution in [0.5, 0.6) is 0 Å². The van der Waals surface area contributed by atoms with Gasteiger partial charge in [-0.3, -0.25) is 0 Å². The fraction of sp³-hybridized carbons (Fsp3) is 0. The minimum absolute atomic E-state index is 1.03. The third-order valence-electron chi connectivity index (χ3n) is 8.41. The molecule has 0 bridgehead atoms. The average Bonchev–Trinajstić information content (AvgIpc) is 0.679. The lowest BCUT2D eigenvalue weighted by Gasteiger charge is -2.37. The summed E-state index contributed by atoms with van der Waals surface area (Å²) in [5, 5.41) is -132. The second-order valence-electron chi connectivity index (χ2n) is 14.1. The number of thiocarbonyl (C=S) groups is 1. The second-order valence-corrected chi connectivity index (χ2v) is 373. The highest BCUT2D eigenvalue weighted by Gasteiger charge is 2.51. The quantitative estimate of drug-likeness (QED) is 0.0545. The van der Waals surface area contributed by atoms with Crippen LogP contribution in [0.2, 0.25) is 0 Å². The van der Waals surface area contributed by atoms with Crippen molar-refractivity contribution in [2.75, 3.05) is 0 Å². The predicted octanol–water partition coefficient (Wildman–Crippen LogP) is 0.629. The van der Waals surface area contributed by atoms with Crippen molar-refractivity contribution in [2.24, 2.45) is 0 Å². The van der Waals surface area contributed by atoms with Crippen molar-refractivity contribution >= 4 is 968 Å². The summed E-state index contributed by atoms with van der Waals surface area (Å²) < 4.78 is 1.03. The van der Waals surface area contributed by atoms with Gasteiger partial charge in [-0.15, -0.1) is 0 Å². The molecule has 0 unspecified atom stereocenters. The highest BCUT2D eigenvalue weighted by molar-refractivity contribution is 9.84. The van der Waals surface area contributed by atoms with E-state index in [1.165, 1.54) is 0 Å². The van der Waals surface area contributed by atoms with Gasteiger partial charge in [0.2, 0.25) is 0 Å². The maximum absolute atomic E-state index is 6.24. The fourth-order valence-electron chi connectivity index (χ4n) is 3.33. The van der Waals surface area contributed by atoms with Gasteiger partial charge in [0, 0.05) is 178 Å². The summed E-state index contributed by atoms with van der Waals surface area (Å²) in [6.45, 7) is 0. The maximum atomic E-state index is 6.24. The normalized spacial score (nSPS) is 17.0. The molecule has 0 fully saturated rings. The highest BCUT2D eigenvalue weighted by Crippen LogP contribution is 2.47. The molecule has 0 aromatic carbocycles. The molecule has 0 aliphatic carbocycles. The van der Waals surface area contributed by atoms with E-state index in [2.05, 4.69) is 11.7 Å². The molecule has 0 spiro atoms. The van der Waals surface area contributed by atoms with Crippen LogP contribution in [0.15, 0.2) is 0 Å². The van der Waals surface area contributed by atoms with Crippen LogP contribution in [0.4, 0.5) is 0 Å². The van der Waals surface area contributed by atoms with E-state index in [9.17, 15) is 0 Å². The SMILES string of the molecule is S=CS(=S)(=S)S(=S)(=S)S(=S)(=S)S(=S)(=S)S(=S)(=S)S(=S)(=S)S(=S)(=S)S(=S)(=S)S(=S)(=S)S(=S)(=S)S(=S)(=S)S(=S)(=S)S(=S)(=S)S(=S)(=S)S(=S)(=S)S(=S)(=S)S(=S)(=S)S(=S)(=S)S(=S)(=S)S(=S)(=S)S(=S)(=S)S(=S)(=S)S(=S)(=S)S(=S)(=S)S(=S)(=S)S(=S)(=S)S(=S)(=S)S(=S)(=S)S(=S)(=S)S(=S)(=S)S(=S)(=S)S(=S)(=S)S(=S)(=S)S(=S)(=S)S. The first kappa shape index (κ1) is 132. The van der Waals surface area contributed by atoms with Gasteiger partial charge in [0.15, 0.2) is 0 Å². The first-order chi connectivity index (χ1) is 43.8. The number of rotatable bonds is 34. The molecule has 0 radical (unpaired) electrons. The number of hydrogen-bond donors (Lipinski definition) is 1. The summed E-state index contributed by atoms with van der Waals surface area (Å²) in [5.41, 5.74) is 0. The molecular weight excluding hydrogens is 3350 g/mol. The Bertz CT molecular complexity index is 8340. The molecule has 104 heteroatoms. The van der Waals surface area contributed by atoms with Crippen molar-refractivity contribution in [3.05, 3.63) is 0 Å². The molecule has 0 rings (SSSR count). The first-order valence-corrected chi connectivity index (χ1v) is 155. The van der Waals surface area contributed by atoms with Gasteiger partial charge in [0.1, 0.15) is 0 Å². The van der Waals surface area contributed by atoms with Gasteiger partial charge in [0.05, 0.1) is 4.70 Å². The Labute approximate surface area is 937 Å².